The molecule has 0 unspecified atom stereocenters. The molecular weight excluding hydrogens is 252 g/mol. The van der Waals surface area contributed by atoms with Gasteiger partial charge in [0.2, 0.25) is 5.91 Å². The van der Waals surface area contributed by atoms with Gasteiger partial charge >= 0.3 is 0 Å². The van der Waals surface area contributed by atoms with E-state index in [2.05, 4.69) is 11.8 Å². The molecule has 1 aliphatic heterocycles. The predicted octanol–water partition coefficient (Wildman–Crippen LogP) is 1.65. The minimum atomic E-state index is 0.0829. The highest BCUT2D eigenvalue weighted by molar-refractivity contribution is 5.79. The lowest BCUT2D eigenvalue weighted by atomic mass is 10.0. The van der Waals surface area contributed by atoms with Gasteiger partial charge in [-0.3, -0.25) is 4.79 Å². The number of rotatable bonds is 2. The number of para-hydroxylation sites is 1. The Hall–Kier alpha value is -1.55. The average Bonchev–Trinajstić information content (AvgIpc) is 2.42. The molecule has 0 N–H and O–H groups in total. The highest BCUT2D eigenvalue weighted by Gasteiger charge is 2.26. The normalized spacial score (nSPS) is 23.6. The molecule has 0 fully saturated rings. The quantitative estimate of drug-likeness (QED) is 0.823. The standard InChI is InChI=1S/C16H24N2O2/c1-12-10-18(4)16(19)9-13-7-5-6-8-14(13)20-15(12)11-17(2)3/h5-8,12,15H,9-11H2,1-4H3/t12-,15+/m1/s1. The summed E-state index contributed by atoms with van der Waals surface area (Å²) in [5, 5.41) is 0. The van der Waals surface area contributed by atoms with Gasteiger partial charge in [0.1, 0.15) is 11.9 Å². The number of nitrogens with zero attached hydrogens (tertiary/aromatic N) is 2. The summed E-state index contributed by atoms with van der Waals surface area (Å²) in [6.45, 7) is 3.72. The zero-order valence-electron chi connectivity index (χ0n) is 12.8. The van der Waals surface area contributed by atoms with Crippen molar-refractivity contribution >= 4 is 5.91 Å². The summed E-state index contributed by atoms with van der Waals surface area (Å²) in [7, 11) is 5.96. The summed E-state index contributed by atoms with van der Waals surface area (Å²) in [5.74, 6) is 1.28. The molecule has 0 aromatic heterocycles. The Morgan fingerprint density at radius 3 is 2.75 bits per heavy atom. The molecule has 0 saturated heterocycles. The molecule has 0 aliphatic carbocycles. The molecule has 0 radical (unpaired) electrons. The molecule has 0 saturated carbocycles. The van der Waals surface area contributed by atoms with E-state index in [0.717, 1.165) is 24.4 Å². The van der Waals surface area contributed by atoms with Crippen molar-refractivity contribution < 1.29 is 9.53 Å². The van der Waals surface area contributed by atoms with Crippen molar-refractivity contribution in [3.05, 3.63) is 29.8 Å². The lowest BCUT2D eigenvalue weighted by Gasteiger charge is -2.29. The number of hydrogen-bond donors (Lipinski definition) is 0. The summed E-state index contributed by atoms with van der Waals surface area (Å²) in [5.41, 5.74) is 0.974. The maximum absolute atomic E-state index is 12.2. The molecule has 110 valence electrons. The second-order valence-corrected chi connectivity index (χ2v) is 5.95. The van der Waals surface area contributed by atoms with Crippen LogP contribution in [0.5, 0.6) is 5.75 Å². The predicted molar refractivity (Wildman–Crippen MR) is 79.9 cm³/mol. The van der Waals surface area contributed by atoms with Gasteiger partial charge in [0.05, 0.1) is 6.42 Å². The maximum atomic E-state index is 12.2. The van der Waals surface area contributed by atoms with Crippen LogP contribution in [0.2, 0.25) is 0 Å². The fourth-order valence-electron chi connectivity index (χ4n) is 2.57. The number of carbonyl (C=O) groups is 1. The number of likely N-dealkylation sites (N-methyl/N-ethyl adjacent to an activating group) is 2. The van der Waals surface area contributed by atoms with Crippen LogP contribution in [0.1, 0.15) is 12.5 Å². The Morgan fingerprint density at radius 2 is 2.05 bits per heavy atom. The molecule has 4 heteroatoms. The van der Waals surface area contributed by atoms with Crippen molar-refractivity contribution in [2.45, 2.75) is 19.4 Å². The molecule has 1 aromatic carbocycles. The molecule has 1 aromatic rings. The topological polar surface area (TPSA) is 32.8 Å². The SMILES string of the molecule is C[C@@H]1CN(C)C(=O)Cc2ccccc2O[C@H]1CN(C)C. The van der Waals surface area contributed by atoms with E-state index in [4.69, 9.17) is 4.74 Å². The zero-order valence-corrected chi connectivity index (χ0v) is 12.8. The fraction of sp³-hybridized carbons (Fsp3) is 0.562. The van der Waals surface area contributed by atoms with E-state index >= 15 is 0 Å². The van der Waals surface area contributed by atoms with Crippen LogP contribution in [0.25, 0.3) is 0 Å². The van der Waals surface area contributed by atoms with Crippen LogP contribution < -0.4 is 4.74 Å². The molecule has 1 aliphatic rings. The van der Waals surface area contributed by atoms with Gasteiger partial charge in [0.15, 0.2) is 0 Å². The smallest absolute Gasteiger partial charge is 0.226 e. The largest absolute Gasteiger partial charge is 0.488 e. The summed E-state index contributed by atoms with van der Waals surface area (Å²) in [4.78, 5) is 16.2. The lowest BCUT2D eigenvalue weighted by molar-refractivity contribution is -0.129. The van der Waals surface area contributed by atoms with E-state index < -0.39 is 0 Å². The minimum Gasteiger partial charge on any atom is -0.488 e. The average molecular weight is 276 g/mol. The minimum absolute atomic E-state index is 0.0829. The van der Waals surface area contributed by atoms with Crippen LogP contribution in [0.4, 0.5) is 0 Å². The van der Waals surface area contributed by atoms with Gasteiger partial charge in [-0.1, -0.05) is 25.1 Å². The van der Waals surface area contributed by atoms with E-state index in [0.29, 0.717) is 6.42 Å². The number of hydrogen-bond acceptors (Lipinski definition) is 3. The molecule has 1 heterocycles. The second kappa shape index (κ2) is 6.27. The van der Waals surface area contributed by atoms with Gasteiger partial charge in [-0.15, -0.1) is 0 Å². The highest BCUT2D eigenvalue weighted by atomic mass is 16.5. The summed E-state index contributed by atoms with van der Waals surface area (Å²) in [6.07, 6.45) is 0.494. The van der Waals surface area contributed by atoms with Crippen LogP contribution in [0.3, 0.4) is 0 Å². The third kappa shape index (κ3) is 3.51. The molecule has 20 heavy (non-hydrogen) atoms. The van der Waals surface area contributed by atoms with Crippen LogP contribution in [0.15, 0.2) is 24.3 Å². The first-order chi connectivity index (χ1) is 9.47. The van der Waals surface area contributed by atoms with Crippen molar-refractivity contribution in [2.24, 2.45) is 5.92 Å². The molecule has 0 bridgehead atoms. The van der Waals surface area contributed by atoms with E-state index in [-0.39, 0.29) is 17.9 Å². The number of amides is 1. The summed E-state index contributed by atoms with van der Waals surface area (Å²) >= 11 is 0. The Balaban J connectivity index is 2.32. The van der Waals surface area contributed by atoms with E-state index in [1.165, 1.54) is 0 Å². The number of benzene rings is 1. The van der Waals surface area contributed by atoms with Crippen LogP contribution >= 0.6 is 0 Å². The molecule has 1 amide bonds. The number of fused-ring (bicyclic) bond motifs is 1. The molecule has 4 nitrogen and oxygen atoms in total. The monoisotopic (exact) mass is 276 g/mol. The van der Waals surface area contributed by atoms with Crippen molar-refractivity contribution in [1.29, 1.82) is 0 Å². The van der Waals surface area contributed by atoms with Crippen LogP contribution in [-0.2, 0) is 11.2 Å². The van der Waals surface area contributed by atoms with Gasteiger partial charge in [0, 0.05) is 31.6 Å². The zero-order chi connectivity index (χ0) is 14.7. The number of carbonyl (C=O) groups excluding carboxylic acids is 1. The highest BCUT2D eigenvalue weighted by Crippen LogP contribution is 2.25. The van der Waals surface area contributed by atoms with E-state index in [1.807, 2.05) is 50.3 Å². The van der Waals surface area contributed by atoms with Gasteiger partial charge in [-0.25, -0.2) is 0 Å². The van der Waals surface area contributed by atoms with Crippen molar-refractivity contribution in [1.82, 2.24) is 9.80 Å². The Morgan fingerprint density at radius 1 is 1.35 bits per heavy atom. The summed E-state index contributed by atoms with van der Waals surface area (Å²) < 4.78 is 6.22. The maximum Gasteiger partial charge on any atom is 0.226 e. The Bertz CT molecular complexity index is 473. The molecular formula is C16H24N2O2. The van der Waals surface area contributed by atoms with Crippen LogP contribution in [0, 0.1) is 5.92 Å². The van der Waals surface area contributed by atoms with Gasteiger partial charge in [-0.2, -0.15) is 0 Å². The summed E-state index contributed by atoms with van der Waals surface area (Å²) in [6, 6.07) is 7.85. The fourth-order valence-corrected chi connectivity index (χ4v) is 2.57. The Labute approximate surface area is 121 Å². The van der Waals surface area contributed by atoms with Crippen LogP contribution in [-0.4, -0.2) is 56.0 Å². The number of ether oxygens (including phenoxy) is 1. The van der Waals surface area contributed by atoms with Crippen molar-refractivity contribution in [3.8, 4) is 5.75 Å². The first-order valence-corrected chi connectivity index (χ1v) is 7.10. The van der Waals surface area contributed by atoms with E-state index in [1.54, 1.807) is 0 Å². The lowest BCUT2D eigenvalue weighted by Crippen LogP contribution is -2.41. The van der Waals surface area contributed by atoms with E-state index in [9.17, 15) is 4.79 Å². The Kier molecular flexibility index (Phi) is 4.65. The third-order valence-electron chi connectivity index (χ3n) is 3.76. The molecule has 2 rings (SSSR count). The first-order valence-electron chi connectivity index (χ1n) is 7.10. The van der Waals surface area contributed by atoms with Crippen molar-refractivity contribution in [3.63, 3.8) is 0 Å². The van der Waals surface area contributed by atoms with Crippen molar-refractivity contribution in [2.75, 3.05) is 34.2 Å². The van der Waals surface area contributed by atoms with Gasteiger partial charge in [0.25, 0.3) is 0 Å². The first kappa shape index (κ1) is 14.9. The van der Waals surface area contributed by atoms with Gasteiger partial charge in [-0.05, 0) is 20.2 Å². The molecule has 2 atom stereocenters. The molecule has 0 spiro atoms. The third-order valence-corrected chi connectivity index (χ3v) is 3.76. The second-order valence-electron chi connectivity index (χ2n) is 5.95. The van der Waals surface area contributed by atoms with Gasteiger partial charge < -0.3 is 14.5 Å².